The Bertz CT molecular complexity index is 1640. The lowest BCUT2D eigenvalue weighted by molar-refractivity contribution is -0.113. The first-order chi connectivity index (χ1) is 20.0. The third-order valence-corrected chi connectivity index (χ3v) is 7.68. The number of likely N-dealkylation sites (N-methyl/N-ethyl adjacent to an activating group) is 2. The van der Waals surface area contributed by atoms with Crippen molar-refractivity contribution in [2.45, 2.75) is 20.1 Å². The van der Waals surface area contributed by atoms with Gasteiger partial charge in [0.05, 0.1) is 13.7 Å². The topological polar surface area (TPSA) is 119 Å². The Labute approximate surface area is 245 Å². The number of carbonyl (C=O) groups is 1. The zero-order chi connectivity index (χ0) is 30.4. The SMILES string of the molecule is CCOP(=O)(O)OC(C)n1cc(-c2ccnc(OC)c2)c2cc(-c3cccc(N(C)C(=O)/C=C/CN(C)C)c3)cnc21. The maximum Gasteiger partial charge on any atom is 0.474 e. The molecule has 1 amide bonds. The van der Waals surface area contributed by atoms with Crippen LogP contribution in [0, 0.1) is 0 Å². The van der Waals surface area contributed by atoms with Crippen LogP contribution in [0.1, 0.15) is 20.1 Å². The summed E-state index contributed by atoms with van der Waals surface area (Å²) in [5, 5.41) is 0.779. The number of aromatic nitrogens is 3. The summed E-state index contributed by atoms with van der Waals surface area (Å²) >= 11 is 0. The molecular formula is C30H36N5O6P. The molecule has 42 heavy (non-hydrogen) atoms. The zero-order valence-electron chi connectivity index (χ0n) is 24.6. The van der Waals surface area contributed by atoms with E-state index < -0.39 is 14.1 Å². The van der Waals surface area contributed by atoms with Crippen LogP contribution in [0.2, 0.25) is 0 Å². The summed E-state index contributed by atoms with van der Waals surface area (Å²) in [6.45, 7) is 3.96. The monoisotopic (exact) mass is 593 g/mol. The third kappa shape index (κ3) is 7.31. The van der Waals surface area contributed by atoms with Crippen molar-refractivity contribution in [1.82, 2.24) is 19.4 Å². The van der Waals surface area contributed by atoms with Crippen LogP contribution in [-0.2, 0) is 18.4 Å². The number of carbonyl (C=O) groups excluding carboxylic acids is 1. The molecule has 0 bridgehead atoms. The molecule has 1 aromatic carbocycles. The summed E-state index contributed by atoms with van der Waals surface area (Å²) in [5.41, 5.74) is 4.59. The fourth-order valence-electron chi connectivity index (χ4n) is 4.42. The molecule has 0 saturated carbocycles. The number of fused-ring (bicyclic) bond motifs is 1. The highest BCUT2D eigenvalue weighted by Crippen LogP contribution is 2.47. The highest BCUT2D eigenvalue weighted by Gasteiger charge is 2.26. The number of methoxy groups -OCH3 is 1. The van der Waals surface area contributed by atoms with Crippen molar-refractivity contribution in [2.75, 3.05) is 46.3 Å². The second-order valence-corrected chi connectivity index (χ2v) is 11.2. The van der Waals surface area contributed by atoms with Crippen molar-refractivity contribution in [2.24, 2.45) is 0 Å². The number of benzene rings is 1. The van der Waals surface area contributed by atoms with Crippen LogP contribution in [0.4, 0.5) is 5.69 Å². The minimum Gasteiger partial charge on any atom is -0.481 e. The minimum atomic E-state index is -4.28. The largest absolute Gasteiger partial charge is 0.481 e. The van der Waals surface area contributed by atoms with E-state index in [0.29, 0.717) is 18.1 Å². The van der Waals surface area contributed by atoms with Crippen molar-refractivity contribution in [3.8, 4) is 28.1 Å². The van der Waals surface area contributed by atoms with Gasteiger partial charge in [0.1, 0.15) is 11.9 Å². The van der Waals surface area contributed by atoms with E-state index in [1.165, 1.54) is 0 Å². The number of anilines is 1. The number of phosphoric acid groups is 1. The molecule has 3 aromatic heterocycles. The molecule has 4 rings (SSSR count). The Morgan fingerprint density at radius 2 is 1.90 bits per heavy atom. The lowest BCUT2D eigenvalue weighted by atomic mass is 10.0. The standard InChI is InChI=1S/C30H36N5O6P/c1-7-40-42(37,38)41-21(2)35-20-27(23-13-14-31-28(18-23)39-6)26-17-24(19-32-30(26)35)22-10-8-11-25(16-22)34(5)29(36)12-9-15-33(3)4/h8-14,16-21H,7,15H2,1-6H3,(H,37,38)/b12-9+. The Morgan fingerprint density at radius 3 is 2.62 bits per heavy atom. The van der Waals surface area contributed by atoms with Crippen molar-refractivity contribution in [1.29, 1.82) is 0 Å². The average Bonchev–Trinajstić information content (AvgIpc) is 3.35. The van der Waals surface area contributed by atoms with Crippen molar-refractivity contribution >= 4 is 30.5 Å². The van der Waals surface area contributed by atoms with Gasteiger partial charge in [0.15, 0.2) is 0 Å². The number of pyridine rings is 2. The first kappa shape index (κ1) is 31.1. The molecule has 12 heteroatoms. The first-order valence-corrected chi connectivity index (χ1v) is 14.9. The highest BCUT2D eigenvalue weighted by atomic mass is 31.2. The van der Waals surface area contributed by atoms with E-state index in [1.54, 1.807) is 62.0 Å². The summed E-state index contributed by atoms with van der Waals surface area (Å²) in [6.07, 6.45) is 7.72. The Balaban J connectivity index is 1.77. The molecule has 2 unspecified atom stereocenters. The van der Waals surface area contributed by atoms with Gasteiger partial charge in [-0.15, -0.1) is 0 Å². The van der Waals surface area contributed by atoms with E-state index in [9.17, 15) is 14.3 Å². The van der Waals surface area contributed by atoms with Gasteiger partial charge in [-0.1, -0.05) is 18.2 Å². The predicted octanol–water partition coefficient (Wildman–Crippen LogP) is 5.53. The van der Waals surface area contributed by atoms with Gasteiger partial charge in [0.2, 0.25) is 11.8 Å². The van der Waals surface area contributed by atoms with Crippen LogP contribution in [0.3, 0.4) is 0 Å². The van der Waals surface area contributed by atoms with Crippen molar-refractivity contribution in [3.63, 3.8) is 0 Å². The molecular weight excluding hydrogens is 557 g/mol. The smallest absolute Gasteiger partial charge is 0.474 e. The van der Waals surface area contributed by atoms with E-state index in [2.05, 4.69) is 4.98 Å². The minimum absolute atomic E-state index is 0.0306. The van der Waals surface area contributed by atoms with Crippen molar-refractivity contribution in [3.05, 3.63) is 73.2 Å². The molecule has 222 valence electrons. The van der Waals surface area contributed by atoms with Gasteiger partial charge >= 0.3 is 7.82 Å². The molecule has 0 saturated heterocycles. The second kappa shape index (κ2) is 13.4. The van der Waals surface area contributed by atoms with Gasteiger partial charge in [-0.3, -0.25) is 13.8 Å². The summed E-state index contributed by atoms with van der Waals surface area (Å²) in [6, 6.07) is 13.3. The van der Waals surface area contributed by atoms with E-state index in [1.807, 2.05) is 67.7 Å². The molecule has 0 aliphatic heterocycles. The van der Waals surface area contributed by atoms with E-state index in [4.69, 9.17) is 18.8 Å². The van der Waals surface area contributed by atoms with Crippen molar-refractivity contribution < 1.29 is 28.0 Å². The number of nitrogens with zero attached hydrogens (tertiary/aromatic N) is 5. The summed E-state index contributed by atoms with van der Waals surface area (Å²) < 4.78 is 29.7. The molecule has 3 heterocycles. The normalized spacial score (nSPS) is 13.9. The molecule has 4 aromatic rings. The molecule has 0 spiro atoms. The van der Waals surface area contributed by atoms with Crippen LogP contribution in [0.15, 0.2) is 73.2 Å². The van der Waals surface area contributed by atoms with E-state index >= 15 is 0 Å². The van der Waals surface area contributed by atoms with Crippen LogP contribution in [0.5, 0.6) is 5.88 Å². The maximum absolute atomic E-state index is 12.7. The van der Waals surface area contributed by atoms with Gasteiger partial charge in [-0.2, -0.15) is 0 Å². The van der Waals surface area contributed by atoms with E-state index in [-0.39, 0.29) is 12.5 Å². The Morgan fingerprint density at radius 1 is 1.12 bits per heavy atom. The van der Waals surface area contributed by atoms with Gasteiger partial charge in [-0.25, -0.2) is 14.5 Å². The van der Waals surface area contributed by atoms with Crippen LogP contribution in [-0.4, -0.2) is 71.6 Å². The highest BCUT2D eigenvalue weighted by molar-refractivity contribution is 7.47. The number of amides is 1. The first-order valence-electron chi connectivity index (χ1n) is 13.4. The third-order valence-electron chi connectivity index (χ3n) is 6.52. The Kier molecular flexibility index (Phi) is 9.93. The molecule has 0 aliphatic carbocycles. The van der Waals surface area contributed by atoms with Gasteiger partial charge in [0.25, 0.3) is 0 Å². The lowest BCUT2D eigenvalue weighted by Gasteiger charge is -2.19. The molecule has 0 fully saturated rings. The molecule has 1 N–H and O–H groups in total. The second-order valence-electron chi connectivity index (χ2n) is 9.84. The molecule has 0 radical (unpaired) electrons. The van der Waals surface area contributed by atoms with Gasteiger partial charge in [-0.05, 0) is 63.3 Å². The number of hydrogen-bond donors (Lipinski definition) is 1. The number of hydrogen-bond acceptors (Lipinski definition) is 8. The van der Waals surface area contributed by atoms with Gasteiger partial charge < -0.3 is 24.0 Å². The summed E-state index contributed by atoms with van der Waals surface area (Å²) in [5.74, 6) is 0.314. The maximum atomic E-state index is 12.7. The van der Waals surface area contributed by atoms with Gasteiger partial charge in [0, 0.05) is 66.5 Å². The van der Waals surface area contributed by atoms with E-state index in [0.717, 1.165) is 33.3 Å². The Hall–Kier alpha value is -3.86. The quantitative estimate of drug-likeness (QED) is 0.167. The van der Waals surface area contributed by atoms with Crippen LogP contribution < -0.4 is 9.64 Å². The predicted molar refractivity (Wildman–Crippen MR) is 163 cm³/mol. The molecule has 2 atom stereocenters. The summed E-state index contributed by atoms with van der Waals surface area (Å²) in [4.78, 5) is 35.4. The lowest BCUT2D eigenvalue weighted by Crippen LogP contribution is -2.24. The zero-order valence-corrected chi connectivity index (χ0v) is 25.5. The van der Waals surface area contributed by atoms with Crippen LogP contribution in [0.25, 0.3) is 33.3 Å². The molecule has 11 nitrogen and oxygen atoms in total. The average molecular weight is 594 g/mol. The number of rotatable bonds is 12. The number of ether oxygens (including phenoxy) is 1. The summed E-state index contributed by atoms with van der Waals surface area (Å²) in [7, 11) is 2.89. The number of phosphoric ester groups is 1. The fourth-order valence-corrected chi connectivity index (χ4v) is 5.29. The molecule has 0 aliphatic rings. The fraction of sp³-hybridized carbons (Fsp3) is 0.300. The van der Waals surface area contributed by atoms with Crippen LogP contribution >= 0.6 is 7.82 Å².